The SMILES string of the molecule is CN(C)c1cc(Nc2ccc(C(=O)O)cc2)ncn1. The summed E-state index contributed by atoms with van der Waals surface area (Å²) in [6.07, 6.45) is 1.48. The number of anilines is 3. The first-order chi connectivity index (χ1) is 9.06. The van der Waals surface area contributed by atoms with Crippen LogP contribution in [0.3, 0.4) is 0 Å². The van der Waals surface area contributed by atoms with Gasteiger partial charge >= 0.3 is 5.97 Å². The number of hydrogen-bond donors (Lipinski definition) is 2. The van der Waals surface area contributed by atoms with Crippen molar-refractivity contribution in [1.82, 2.24) is 9.97 Å². The fourth-order valence-electron chi connectivity index (χ4n) is 1.50. The molecule has 0 radical (unpaired) electrons. The number of carboxylic acids is 1. The first kappa shape index (κ1) is 12.8. The molecule has 6 heteroatoms. The maximum Gasteiger partial charge on any atom is 0.335 e. The zero-order valence-corrected chi connectivity index (χ0v) is 10.7. The molecule has 0 unspecified atom stereocenters. The van der Waals surface area contributed by atoms with Crippen molar-refractivity contribution < 1.29 is 9.90 Å². The van der Waals surface area contributed by atoms with E-state index in [9.17, 15) is 4.79 Å². The summed E-state index contributed by atoms with van der Waals surface area (Å²) in [6.45, 7) is 0. The summed E-state index contributed by atoms with van der Waals surface area (Å²) in [5, 5.41) is 11.9. The van der Waals surface area contributed by atoms with Gasteiger partial charge < -0.3 is 15.3 Å². The minimum absolute atomic E-state index is 0.252. The molecule has 0 saturated carbocycles. The predicted molar refractivity (Wildman–Crippen MR) is 73.0 cm³/mol. The van der Waals surface area contributed by atoms with E-state index in [0.717, 1.165) is 11.5 Å². The maximum atomic E-state index is 10.7. The standard InChI is InChI=1S/C13H14N4O2/c1-17(2)12-7-11(14-8-15-12)16-10-5-3-9(4-6-10)13(18)19/h3-8H,1-2H3,(H,18,19)(H,14,15,16). The Labute approximate surface area is 110 Å². The second-order valence-electron chi connectivity index (χ2n) is 4.16. The van der Waals surface area contributed by atoms with Gasteiger partial charge in [-0.25, -0.2) is 14.8 Å². The first-order valence-electron chi connectivity index (χ1n) is 5.66. The highest BCUT2D eigenvalue weighted by molar-refractivity contribution is 5.88. The molecule has 6 nitrogen and oxygen atoms in total. The fourth-order valence-corrected chi connectivity index (χ4v) is 1.50. The molecule has 0 aliphatic rings. The molecule has 1 aromatic heterocycles. The van der Waals surface area contributed by atoms with Gasteiger partial charge in [0.1, 0.15) is 18.0 Å². The van der Waals surface area contributed by atoms with Crippen molar-refractivity contribution in [3.8, 4) is 0 Å². The molecule has 1 aromatic carbocycles. The Bertz CT molecular complexity index is 581. The molecule has 0 aliphatic heterocycles. The summed E-state index contributed by atoms with van der Waals surface area (Å²) in [7, 11) is 3.79. The van der Waals surface area contributed by atoms with Gasteiger partial charge in [0, 0.05) is 25.8 Å². The molecule has 2 aromatic rings. The highest BCUT2D eigenvalue weighted by Gasteiger charge is 2.03. The van der Waals surface area contributed by atoms with Crippen LogP contribution in [0.25, 0.3) is 0 Å². The van der Waals surface area contributed by atoms with Crippen molar-refractivity contribution >= 4 is 23.3 Å². The molecule has 0 spiro atoms. The van der Waals surface area contributed by atoms with E-state index >= 15 is 0 Å². The highest BCUT2D eigenvalue weighted by atomic mass is 16.4. The molecule has 0 atom stereocenters. The molecule has 0 fully saturated rings. The van der Waals surface area contributed by atoms with E-state index in [2.05, 4.69) is 15.3 Å². The molecule has 2 rings (SSSR count). The summed E-state index contributed by atoms with van der Waals surface area (Å²) in [4.78, 5) is 20.8. The number of carboxylic acid groups (broad SMARTS) is 1. The van der Waals surface area contributed by atoms with Crippen LogP contribution < -0.4 is 10.2 Å². The lowest BCUT2D eigenvalue weighted by atomic mass is 10.2. The van der Waals surface area contributed by atoms with Crippen molar-refractivity contribution in [3.63, 3.8) is 0 Å². The molecule has 0 saturated heterocycles. The fraction of sp³-hybridized carbons (Fsp3) is 0.154. The molecule has 0 amide bonds. The van der Waals surface area contributed by atoms with Gasteiger partial charge in [-0.3, -0.25) is 0 Å². The van der Waals surface area contributed by atoms with Crippen LogP contribution in [0.4, 0.5) is 17.3 Å². The summed E-state index contributed by atoms with van der Waals surface area (Å²) in [5.41, 5.74) is 1.02. The topological polar surface area (TPSA) is 78.4 Å². The summed E-state index contributed by atoms with van der Waals surface area (Å²) in [5.74, 6) is 0.505. The number of benzene rings is 1. The van der Waals surface area contributed by atoms with Crippen molar-refractivity contribution in [1.29, 1.82) is 0 Å². The van der Waals surface area contributed by atoms with Crippen LogP contribution in [-0.2, 0) is 0 Å². The second-order valence-corrected chi connectivity index (χ2v) is 4.16. The summed E-state index contributed by atoms with van der Waals surface area (Å²) >= 11 is 0. The monoisotopic (exact) mass is 258 g/mol. The smallest absolute Gasteiger partial charge is 0.335 e. The Balaban J connectivity index is 2.16. The van der Waals surface area contributed by atoms with Crippen LogP contribution >= 0.6 is 0 Å². The Kier molecular flexibility index (Phi) is 3.61. The lowest BCUT2D eigenvalue weighted by Crippen LogP contribution is -2.11. The van der Waals surface area contributed by atoms with Gasteiger partial charge in [0.15, 0.2) is 0 Å². The van der Waals surface area contributed by atoms with Crippen LogP contribution in [0, 0.1) is 0 Å². The summed E-state index contributed by atoms with van der Waals surface area (Å²) in [6, 6.07) is 8.28. The zero-order chi connectivity index (χ0) is 13.8. The number of aromatic nitrogens is 2. The maximum absolute atomic E-state index is 10.7. The number of nitrogens with zero attached hydrogens (tertiary/aromatic N) is 3. The Morgan fingerprint density at radius 1 is 1.21 bits per heavy atom. The van der Waals surface area contributed by atoms with Crippen LogP contribution in [-0.4, -0.2) is 35.1 Å². The first-order valence-corrected chi connectivity index (χ1v) is 5.66. The van der Waals surface area contributed by atoms with Gasteiger partial charge in [-0.05, 0) is 24.3 Å². The number of hydrogen-bond acceptors (Lipinski definition) is 5. The molecule has 98 valence electrons. The second kappa shape index (κ2) is 5.34. The van der Waals surface area contributed by atoms with Gasteiger partial charge in [-0.2, -0.15) is 0 Å². The number of rotatable bonds is 4. The lowest BCUT2D eigenvalue weighted by molar-refractivity contribution is 0.0697. The lowest BCUT2D eigenvalue weighted by Gasteiger charge is -2.12. The highest BCUT2D eigenvalue weighted by Crippen LogP contribution is 2.17. The minimum Gasteiger partial charge on any atom is -0.478 e. The van der Waals surface area contributed by atoms with Gasteiger partial charge in [0.25, 0.3) is 0 Å². The third kappa shape index (κ3) is 3.19. The van der Waals surface area contributed by atoms with E-state index in [1.54, 1.807) is 24.3 Å². The number of carbonyl (C=O) groups is 1. The Morgan fingerprint density at radius 2 is 1.89 bits per heavy atom. The average Bonchev–Trinajstić information content (AvgIpc) is 2.39. The minimum atomic E-state index is -0.941. The number of aromatic carboxylic acids is 1. The molecular weight excluding hydrogens is 244 g/mol. The van der Waals surface area contributed by atoms with E-state index in [1.807, 2.05) is 25.1 Å². The van der Waals surface area contributed by atoms with E-state index in [0.29, 0.717) is 5.82 Å². The largest absolute Gasteiger partial charge is 0.478 e. The van der Waals surface area contributed by atoms with Crippen LogP contribution in [0.2, 0.25) is 0 Å². The molecule has 1 heterocycles. The van der Waals surface area contributed by atoms with E-state index in [-0.39, 0.29) is 5.56 Å². The predicted octanol–water partition coefficient (Wildman–Crippen LogP) is 1.98. The van der Waals surface area contributed by atoms with Gasteiger partial charge in [-0.1, -0.05) is 0 Å². The van der Waals surface area contributed by atoms with Gasteiger partial charge in [0.2, 0.25) is 0 Å². The van der Waals surface area contributed by atoms with Crippen LogP contribution in [0.15, 0.2) is 36.7 Å². The van der Waals surface area contributed by atoms with Crippen LogP contribution in [0.1, 0.15) is 10.4 Å². The van der Waals surface area contributed by atoms with E-state index in [4.69, 9.17) is 5.11 Å². The molecular formula is C13H14N4O2. The number of nitrogens with one attached hydrogen (secondary N) is 1. The molecule has 0 bridgehead atoms. The average molecular weight is 258 g/mol. The van der Waals surface area contributed by atoms with Gasteiger partial charge in [-0.15, -0.1) is 0 Å². The van der Waals surface area contributed by atoms with Crippen molar-refractivity contribution in [2.24, 2.45) is 0 Å². The third-order valence-corrected chi connectivity index (χ3v) is 2.52. The van der Waals surface area contributed by atoms with Crippen molar-refractivity contribution in [2.75, 3.05) is 24.3 Å². The normalized spacial score (nSPS) is 10.0. The molecule has 19 heavy (non-hydrogen) atoms. The van der Waals surface area contributed by atoms with Crippen molar-refractivity contribution in [3.05, 3.63) is 42.2 Å². The van der Waals surface area contributed by atoms with E-state index < -0.39 is 5.97 Å². The molecule has 0 aliphatic carbocycles. The third-order valence-electron chi connectivity index (χ3n) is 2.52. The Morgan fingerprint density at radius 3 is 2.47 bits per heavy atom. The zero-order valence-electron chi connectivity index (χ0n) is 10.7. The van der Waals surface area contributed by atoms with E-state index in [1.165, 1.54) is 6.33 Å². The molecule has 2 N–H and O–H groups in total. The van der Waals surface area contributed by atoms with Crippen LogP contribution in [0.5, 0.6) is 0 Å². The van der Waals surface area contributed by atoms with Crippen molar-refractivity contribution in [2.45, 2.75) is 0 Å². The van der Waals surface area contributed by atoms with Gasteiger partial charge in [0.05, 0.1) is 5.56 Å². The Hall–Kier alpha value is -2.63. The summed E-state index contributed by atoms with van der Waals surface area (Å²) < 4.78 is 0. The quantitative estimate of drug-likeness (QED) is 0.873.